The number of ether oxygens (including phenoxy) is 2. The van der Waals surface area contributed by atoms with Gasteiger partial charge in [-0.2, -0.15) is 0 Å². The van der Waals surface area contributed by atoms with Gasteiger partial charge in [-0.3, -0.25) is 4.90 Å². The monoisotopic (exact) mass is 341 g/mol. The second kappa shape index (κ2) is 5.75. The molecule has 4 nitrogen and oxygen atoms in total. The van der Waals surface area contributed by atoms with Crippen molar-refractivity contribution in [2.24, 2.45) is 5.92 Å². The molecule has 134 valence electrons. The number of hydrogen-bond acceptors (Lipinski definition) is 4. The van der Waals surface area contributed by atoms with Gasteiger partial charge in [0.15, 0.2) is 11.5 Å². The Balaban J connectivity index is 1.55. The molecule has 0 aromatic heterocycles. The maximum atomic E-state index is 10.4. The number of benzene rings is 1. The van der Waals surface area contributed by atoms with Crippen LogP contribution in [-0.4, -0.2) is 41.9 Å². The zero-order valence-electron chi connectivity index (χ0n) is 14.9. The van der Waals surface area contributed by atoms with Crippen molar-refractivity contribution in [2.75, 3.05) is 19.7 Å². The molecule has 5 rings (SSSR count). The van der Waals surface area contributed by atoms with E-state index < -0.39 is 0 Å². The molecule has 2 heterocycles. The van der Waals surface area contributed by atoms with Crippen molar-refractivity contribution in [1.29, 1.82) is 0 Å². The van der Waals surface area contributed by atoms with E-state index in [1.807, 2.05) is 13.0 Å². The number of hydrogen-bond donors (Lipinski definition) is 1. The first kappa shape index (κ1) is 15.7. The van der Waals surface area contributed by atoms with Crippen LogP contribution < -0.4 is 4.74 Å². The van der Waals surface area contributed by atoms with E-state index in [0.29, 0.717) is 6.61 Å². The average molecular weight is 341 g/mol. The van der Waals surface area contributed by atoms with Crippen molar-refractivity contribution in [1.82, 2.24) is 4.90 Å². The maximum absolute atomic E-state index is 10.4. The first-order chi connectivity index (χ1) is 12.2. The van der Waals surface area contributed by atoms with Gasteiger partial charge in [0.2, 0.25) is 0 Å². The predicted molar refractivity (Wildman–Crippen MR) is 96.0 cm³/mol. The van der Waals surface area contributed by atoms with Gasteiger partial charge in [-0.1, -0.05) is 18.2 Å². The molecule has 0 radical (unpaired) electrons. The topological polar surface area (TPSA) is 41.9 Å². The summed E-state index contributed by atoms with van der Waals surface area (Å²) in [6.07, 6.45) is 9.43. The zero-order chi connectivity index (χ0) is 17.0. The van der Waals surface area contributed by atoms with Crippen LogP contribution >= 0.6 is 0 Å². The molecule has 1 fully saturated rings. The van der Waals surface area contributed by atoms with Gasteiger partial charge in [-0.05, 0) is 50.3 Å². The van der Waals surface area contributed by atoms with Crippen molar-refractivity contribution in [3.8, 4) is 11.5 Å². The lowest BCUT2D eigenvalue weighted by molar-refractivity contribution is 0.0332. The first-order valence-corrected chi connectivity index (χ1v) is 9.75. The number of nitrogens with zero attached hydrogens (tertiary/aromatic N) is 1. The molecule has 1 N–H and O–H groups in total. The quantitative estimate of drug-likeness (QED) is 0.853. The fourth-order valence-corrected chi connectivity index (χ4v) is 4.99. The summed E-state index contributed by atoms with van der Waals surface area (Å²) in [6, 6.07) is 3.92. The molecule has 0 saturated heterocycles. The molecule has 4 heteroatoms. The highest BCUT2D eigenvalue weighted by molar-refractivity contribution is 5.60. The third-order valence-corrected chi connectivity index (χ3v) is 6.41. The summed E-state index contributed by atoms with van der Waals surface area (Å²) in [5.74, 6) is 1.90. The minimum Gasteiger partial charge on any atom is -0.504 e. The van der Waals surface area contributed by atoms with Gasteiger partial charge in [0, 0.05) is 31.7 Å². The fraction of sp³-hybridized carbons (Fsp3) is 0.619. The Bertz CT molecular complexity index is 711. The van der Waals surface area contributed by atoms with Gasteiger partial charge in [0.05, 0.1) is 11.5 Å². The van der Waals surface area contributed by atoms with E-state index in [2.05, 4.69) is 23.1 Å². The van der Waals surface area contributed by atoms with E-state index >= 15 is 0 Å². The van der Waals surface area contributed by atoms with Crippen LogP contribution in [0.1, 0.15) is 43.7 Å². The fourth-order valence-electron chi connectivity index (χ4n) is 4.99. The Labute approximate surface area is 149 Å². The molecule has 1 aromatic rings. The molecule has 4 aliphatic rings. The summed E-state index contributed by atoms with van der Waals surface area (Å²) in [7, 11) is 0. The zero-order valence-corrected chi connectivity index (χ0v) is 14.9. The van der Waals surface area contributed by atoms with Crippen LogP contribution in [0.15, 0.2) is 24.3 Å². The summed E-state index contributed by atoms with van der Waals surface area (Å²) in [5.41, 5.74) is 2.46. The molecule has 0 unspecified atom stereocenters. The molecule has 0 amide bonds. The highest BCUT2D eigenvalue weighted by Crippen LogP contribution is 2.55. The van der Waals surface area contributed by atoms with Crippen LogP contribution in [-0.2, 0) is 16.7 Å². The lowest BCUT2D eigenvalue weighted by Gasteiger charge is -2.37. The molecule has 2 aliphatic heterocycles. The number of rotatable bonds is 4. The minimum atomic E-state index is -0.102. The highest BCUT2D eigenvalue weighted by atomic mass is 16.5. The molecular weight excluding hydrogens is 314 g/mol. The van der Waals surface area contributed by atoms with E-state index in [0.717, 1.165) is 37.6 Å². The van der Waals surface area contributed by atoms with Gasteiger partial charge < -0.3 is 14.6 Å². The molecule has 1 saturated carbocycles. The van der Waals surface area contributed by atoms with Gasteiger partial charge >= 0.3 is 0 Å². The van der Waals surface area contributed by atoms with E-state index in [-0.39, 0.29) is 23.4 Å². The van der Waals surface area contributed by atoms with Gasteiger partial charge in [0.1, 0.15) is 6.10 Å². The average Bonchev–Trinajstić information content (AvgIpc) is 3.37. The molecule has 0 bridgehead atoms. The van der Waals surface area contributed by atoms with Crippen molar-refractivity contribution in [3.63, 3.8) is 0 Å². The summed E-state index contributed by atoms with van der Waals surface area (Å²) >= 11 is 0. The van der Waals surface area contributed by atoms with Crippen LogP contribution in [0, 0.1) is 5.92 Å². The lowest BCUT2D eigenvalue weighted by atomic mass is 9.69. The predicted octanol–water partition coefficient (Wildman–Crippen LogP) is 3.37. The number of aromatic hydroxyl groups is 1. The Morgan fingerprint density at radius 3 is 3.04 bits per heavy atom. The highest BCUT2D eigenvalue weighted by Gasteiger charge is 2.53. The second-order valence-corrected chi connectivity index (χ2v) is 8.11. The summed E-state index contributed by atoms with van der Waals surface area (Å²) in [6.45, 7) is 6.03. The third-order valence-electron chi connectivity index (χ3n) is 6.41. The number of phenols is 1. The molecule has 1 spiro atoms. The smallest absolute Gasteiger partial charge is 0.165 e. The van der Waals surface area contributed by atoms with Gasteiger partial charge in [-0.25, -0.2) is 0 Å². The van der Waals surface area contributed by atoms with E-state index in [4.69, 9.17) is 9.47 Å². The first-order valence-electron chi connectivity index (χ1n) is 9.75. The number of phenolic OH excluding ortho intramolecular Hbond substituents is 1. The second-order valence-electron chi connectivity index (χ2n) is 8.11. The molecule has 3 atom stereocenters. The molecule has 1 aromatic carbocycles. The van der Waals surface area contributed by atoms with Crippen LogP contribution in [0.3, 0.4) is 0 Å². The third kappa shape index (κ3) is 2.49. The van der Waals surface area contributed by atoms with Crippen molar-refractivity contribution >= 4 is 0 Å². The summed E-state index contributed by atoms with van der Waals surface area (Å²) < 4.78 is 12.1. The minimum absolute atomic E-state index is 0.0666. The van der Waals surface area contributed by atoms with Crippen molar-refractivity contribution in [3.05, 3.63) is 35.4 Å². The lowest BCUT2D eigenvalue weighted by Crippen LogP contribution is -2.43. The van der Waals surface area contributed by atoms with Crippen molar-refractivity contribution < 1.29 is 14.6 Å². The molecule has 2 aliphatic carbocycles. The Morgan fingerprint density at radius 1 is 1.36 bits per heavy atom. The largest absolute Gasteiger partial charge is 0.504 e. The van der Waals surface area contributed by atoms with E-state index in [9.17, 15) is 5.11 Å². The normalized spacial score (nSPS) is 33.5. The van der Waals surface area contributed by atoms with Crippen LogP contribution in [0.4, 0.5) is 0 Å². The maximum Gasteiger partial charge on any atom is 0.165 e. The van der Waals surface area contributed by atoms with E-state index in [1.165, 1.54) is 30.5 Å². The van der Waals surface area contributed by atoms with E-state index in [1.54, 1.807) is 0 Å². The molecule has 25 heavy (non-hydrogen) atoms. The van der Waals surface area contributed by atoms with Crippen LogP contribution in [0.25, 0.3) is 0 Å². The Hall–Kier alpha value is -1.52. The van der Waals surface area contributed by atoms with Crippen molar-refractivity contribution in [2.45, 2.75) is 56.8 Å². The Kier molecular flexibility index (Phi) is 3.61. The Morgan fingerprint density at radius 2 is 2.24 bits per heavy atom. The van der Waals surface area contributed by atoms with Gasteiger partial charge in [-0.15, -0.1) is 0 Å². The van der Waals surface area contributed by atoms with Crippen LogP contribution in [0.2, 0.25) is 0 Å². The van der Waals surface area contributed by atoms with Crippen LogP contribution in [0.5, 0.6) is 11.5 Å². The summed E-state index contributed by atoms with van der Waals surface area (Å²) in [4.78, 5) is 2.61. The summed E-state index contributed by atoms with van der Waals surface area (Å²) in [5, 5.41) is 10.4. The standard InChI is InChI=1S/C21H27NO3/c1-2-24-16-7-8-21-9-10-22(12-14-3-4-14)13-15-5-6-17(23)20(19(15)21)25-18(21)11-16/h5-8,14,16,18,23H,2-4,9-13H2,1H3/t16-,18-,21-/m0/s1. The molecular formula is C21H27NO3. The van der Waals surface area contributed by atoms with Gasteiger partial charge in [0.25, 0.3) is 0 Å². The SMILES string of the molecule is CCO[C@H]1C=C[C@@]23CCN(CC4CC4)Cc4ccc(O)c(c42)O[C@H]3C1.